The van der Waals surface area contributed by atoms with Crippen LogP contribution in [0, 0.1) is 0 Å². The Balaban J connectivity index is 1.01. The average molecular weight is 664 g/mol. The number of nitrogens with zero attached hydrogens (tertiary/aromatic N) is 3. The first-order valence-corrected chi connectivity index (χ1v) is 17.9. The van der Waals surface area contributed by atoms with Crippen LogP contribution in [0.25, 0.3) is 67.2 Å². The second-order valence-corrected chi connectivity index (χ2v) is 13.5. The zero-order valence-corrected chi connectivity index (χ0v) is 28.4. The smallest absolute Gasteiger partial charge is 0.156 e. The zero-order chi connectivity index (χ0) is 34.4. The predicted molar refractivity (Wildman–Crippen MR) is 215 cm³/mol. The van der Waals surface area contributed by atoms with E-state index in [1.165, 1.54) is 43.7 Å². The third-order valence-electron chi connectivity index (χ3n) is 10.5. The van der Waals surface area contributed by atoms with Gasteiger partial charge >= 0.3 is 0 Å². The van der Waals surface area contributed by atoms with Gasteiger partial charge in [-0.3, -0.25) is 0 Å². The number of hydrogen-bond acceptors (Lipinski definition) is 3. The highest BCUT2D eigenvalue weighted by Gasteiger charge is 2.33. The molecule has 6 aromatic carbocycles. The molecule has 10 rings (SSSR count). The minimum Gasteiger partial charge on any atom is -0.248 e. The van der Waals surface area contributed by atoms with Crippen LogP contribution in [0.5, 0.6) is 0 Å². The molecule has 0 N–H and O–H groups in total. The second-order valence-electron chi connectivity index (χ2n) is 13.5. The maximum absolute atomic E-state index is 5.25. The van der Waals surface area contributed by atoms with Crippen molar-refractivity contribution in [3.63, 3.8) is 0 Å². The molecule has 1 atom stereocenters. The summed E-state index contributed by atoms with van der Waals surface area (Å²) in [5.74, 6) is 1.00. The molecule has 0 fully saturated rings. The number of hydrogen-bond donors (Lipinski definition) is 0. The van der Waals surface area contributed by atoms with E-state index < -0.39 is 0 Å². The predicted octanol–water partition coefficient (Wildman–Crippen LogP) is 10.6. The third-order valence-corrected chi connectivity index (χ3v) is 10.5. The van der Waals surface area contributed by atoms with Gasteiger partial charge < -0.3 is 0 Å². The summed E-state index contributed by atoms with van der Waals surface area (Å²) in [5, 5.41) is 4.88. The van der Waals surface area contributed by atoms with Crippen molar-refractivity contribution < 1.29 is 0 Å². The monoisotopic (exact) mass is 663 g/mol. The summed E-state index contributed by atoms with van der Waals surface area (Å²) in [4.78, 5) is 15.1. The molecule has 0 saturated carbocycles. The van der Waals surface area contributed by atoms with Gasteiger partial charge in [-0.05, 0) is 62.2 Å². The number of fused-ring (bicyclic) bond motifs is 6. The first-order valence-electron chi connectivity index (χ1n) is 17.9. The molecule has 244 valence electrons. The molecule has 1 aliphatic carbocycles. The van der Waals surface area contributed by atoms with Crippen molar-refractivity contribution in [1.29, 1.82) is 0 Å². The van der Waals surface area contributed by atoms with Crippen LogP contribution < -0.4 is 10.4 Å². The van der Waals surface area contributed by atoms with Crippen LogP contribution in [0.1, 0.15) is 23.5 Å². The van der Waals surface area contributed by atoms with E-state index >= 15 is 0 Å². The van der Waals surface area contributed by atoms with Crippen LogP contribution in [0.3, 0.4) is 0 Å². The first kappa shape index (κ1) is 30.1. The van der Waals surface area contributed by atoms with E-state index in [4.69, 9.17) is 15.0 Å². The molecule has 2 aromatic heterocycles. The van der Waals surface area contributed by atoms with Crippen molar-refractivity contribution in [2.75, 3.05) is 0 Å². The normalized spacial score (nSPS) is 14.5. The largest absolute Gasteiger partial charge is 0.248 e. The van der Waals surface area contributed by atoms with E-state index in [1.807, 2.05) is 18.3 Å². The zero-order valence-electron chi connectivity index (χ0n) is 28.4. The summed E-state index contributed by atoms with van der Waals surface area (Å²) in [6.07, 6.45) is 5.23. The van der Waals surface area contributed by atoms with Crippen LogP contribution in [0.2, 0.25) is 0 Å². The van der Waals surface area contributed by atoms with Crippen LogP contribution in [0.4, 0.5) is 5.82 Å². The molecule has 1 unspecified atom stereocenters. The lowest BCUT2D eigenvalue weighted by Gasteiger charge is -2.16. The molecule has 8 aromatic rings. The minimum atomic E-state index is 0.154. The van der Waals surface area contributed by atoms with Gasteiger partial charge in [0.2, 0.25) is 0 Å². The molecule has 2 aliphatic rings. The Morgan fingerprint density at radius 1 is 0.481 bits per heavy atom. The summed E-state index contributed by atoms with van der Waals surface area (Å²) in [6.45, 7) is 0. The van der Waals surface area contributed by atoms with Gasteiger partial charge in [0.15, 0.2) is 5.82 Å². The number of aliphatic imine (C=N–C) groups is 1. The maximum Gasteiger partial charge on any atom is 0.156 e. The molecule has 3 heteroatoms. The van der Waals surface area contributed by atoms with Crippen molar-refractivity contribution in [1.82, 2.24) is 9.97 Å². The lowest BCUT2D eigenvalue weighted by atomic mass is 9.85. The average Bonchev–Trinajstić information content (AvgIpc) is 3.51. The Bertz CT molecular complexity index is 2730. The van der Waals surface area contributed by atoms with Crippen molar-refractivity contribution >= 4 is 34.0 Å². The Labute approximate surface area is 302 Å². The highest BCUT2D eigenvalue weighted by Crippen LogP contribution is 2.44. The molecule has 52 heavy (non-hydrogen) atoms. The third kappa shape index (κ3) is 5.26. The van der Waals surface area contributed by atoms with E-state index in [1.54, 1.807) is 0 Å². The van der Waals surface area contributed by atoms with Crippen LogP contribution >= 0.6 is 0 Å². The van der Waals surface area contributed by atoms with Gasteiger partial charge in [0.1, 0.15) is 0 Å². The van der Waals surface area contributed by atoms with Gasteiger partial charge in [0, 0.05) is 39.8 Å². The van der Waals surface area contributed by atoms with Gasteiger partial charge in [-0.2, -0.15) is 0 Å². The van der Waals surface area contributed by atoms with Crippen LogP contribution in [-0.4, -0.2) is 15.7 Å². The molecule has 0 saturated heterocycles. The minimum absolute atomic E-state index is 0.154. The topological polar surface area (TPSA) is 38.1 Å². The second kappa shape index (κ2) is 12.6. The van der Waals surface area contributed by atoms with E-state index in [0.717, 1.165) is 57.0 Å². The fourth-order valence-corrected chi connectivity index (χ4v) is 7.88. The van der Waals surface area contributed by atoms with Crippen molar-refractivity contribution in [3.8, 4) is 44.8 Å². The highest BCUT2D eigenvalue weighted by molar-refractivity contribution is 6.29. The Hall–Kier alpha value is -6.71. The number of benzene rings is 6. The fourth-order valence-electron chi connectivity index (χ4n) is 7.88. The van der Waals surface area contributed by atoms with Gasteiger partial charge in [0.25, 0.3) is 0 Å². The summed E-state index contributed by atoms with van der Waals surface area (Å²) in [7, 11) is 0. The summed E-state index contributed by atoms with van der Waals surface area (Å²) < 4.78 is 0. The van der Waals surface area contributed by atoms with Gasteiger partial charge in [-0.1, -0.05) is 164 Å². The maximum atomic E-state index is 5.25. The van der Waals surface area contributed by atoms with E-state index in [0.29, 0.717) is 0 Å². The molecule has 3 heterocycles. The van der Waals surface area contributed by atoms with Crippen molar-refractivity contribution in [2.45, 2.75) is 12.3 Å². The summed E-state index contributed by atoms with van der Waals surface area (Å²) >= 11 is 0. The van der Waals surface area contributed by atoms with Gasteiger partial charge in [-0.25, -0.2) is 15.0 Å². The Morgan fingerprint density at radius 2 is 1.04 bits per heavy atom. The van der Waals surface area contributed by atoms with Gasteiger partial charge in [-0.15, -0.1) is 0 Å². The van der Waals surface area contributed by atoms with E-state index in [2.05, 4.69) is 164 Å². The summed E-state index contributed by atoms with van der Waals surface area (Å²) in [5.41, 5.74) is 13.5. The van der Waals surface area contributed by atoms with Crippen molar-refractivity contribution in [3.05, 3.63) is 198 Å². The fraction of sp³-hybridized carbons (Fsp3) is 0.0408. The molecule has 0 radical (unpaired) electrons. The summed E-state index contributed by atoms with van der Waals surface area (Å²) in [6, 6.07) is 60.4. The molecular formula is C49H33N3. The lowest BCUT2D eigenvalue weighted by molar-refractivity contribution is 0.976. The number of aromatic nitrogens is 2. The lowest BCUT2D eigenvalue weighted by Crippen LogP contribution is -2.28. The number of pyridine rings is 2. The molecule has 0 spiro atoms. The molecule has 0 amide bonds. The SMILES string of the molecule is C1=c2ccccc2=C(c2ccc(-c3ccc(-c4cc(-c5ccccc5)nc(-c5ccccc5)c4)cc3)cc2)C2=Nc3ncc4ccccc4c3C2C1. The molecular weight excluding hydrogens is 631 g/mol. The molecule has 3 nitrogen and oxygen atoms in total. The van der Waals surface area contributed by atoms with Gasteiger partial charge in [0.05, 0.1) is 17.1 Å². The molecule has 0 bridgehead atoms. The highest BCUT2D eigenvalue weighted by atomic mass is 14.9. The number of rotatable bonds is 5. The van der Waals surface area contributed by atoms with Crippen molar-refractivity contribution in [2.24, 2.45) is 4.99 Å². The standard InChI is InChI=1S/C49H33N3/c1-3-12-36(13-4-1)44-29-40(30-45(51-44)37-14-5-2-6-15-37)34-21-19-32(20-22-34)33-23-25-38(26-24-33)46-41-17-9-7-11-35(41)27-28-43-47-42-18-10-8-16-39(42)31-50-49(47)52-48(43)46/h1-27,29-31,43H,28H2. The first-order chi connectivity index (χ1) is 25.8. The van der Waals surface area contributed by atoms with E-state index in [9.17, 15) is 0 Å². The van der Waals surface area contributed by atoms with E-state index in [-0.39, 0.29) is 5.92 Å². The van der Waals surface area contributed by atoms with Crippen LogP contribution in [-0.2, 0) is 0 Å². The molecule has 1 aliphatic heterocycles. The van der Waals surface area contributed by atoms with Crippen LogP contribution in [0.15, 0.2) is 181 Å². The Morgan fingerprint density at radius 3 is 1.71 bits per heavy atom. The Kier molecular flexibility index (Phi) is 7.28. The quantitative estimate of drug-likeness (QED) is 0.184.